The Hall–Kier alpha value is -2.07. The van der Waals surface area contributed by atoms with Gasteiger partial charge in [-0.3, -0.25) is 4.79 Å². The minimum atomic E-state index is -0.370. The second-order valence-corrected chi connectivity index (χ2v) is 9.02. The van der Waals surface area contributed by atoms with Gasteiger partial charge in [-0.1, -0.05) is 56.5 Å². The lowest BCUT2D eigenvalue weighted by Gasteiger charge is -2.29. The van der Waals surface area contributed by atoms with Crippen LogP contribution in [0.15, 0.2) is 48.5 Å². The van der Waals surface area contributed by atoms with Crippen LogP contribution in [0.3, 0.4) is 0 Å². The number of rotatable bonds is 8. The predicted octanol–water partition coefficient (Wildman–Crippen LogP) is 7.26. The molecule has 30 heavy (non-hydrogen) atoms. The van der Waals surface area contributed by atoms with Gasteiger partial charge in [0, 0.05) is 5.56 Å². The van der Waals surface area contributed by atoms with Crippen molar-refractivity contribution < 1.29 is 14.3 Å². The summed E-state index contributed by atoms with van der Waals surface area (Å²) in [4.78, 5) is 24.1. The van der Waals surface area contributed by atoms with Crippen molar-refractivity contribution in [3.63, 3.8) is 0 Å². The zero-order chi connectivity index (χ0) is 21.3. The maximum Gasteiger partial charge on any atom is 0.343 e. The van der Waals surface area contributed by atoms with Crippen LogP contribution in [0.25, 0.3) is 0 Å². The van der Waals surface area contributed by atoms with E-state index in [9.17, 15) is 9.59 Å². The first kappa shape index (κ1) is 22.6. The monoisotopic (exact) mass is 424 g/mol. The van der Waals surface area contributed by atoms with Gasteiger partial charge in [0.2, 0.25) is 5.12 Å². The number of ether oxygens (including phenoxy) is 1. The van der Waals surface area contributed by atoms with Crippen molar-refractivity contribution in [3.05, 3.63) is 65.2 Å². The Balaban J connectivity index is 1.51. The Morgan fingerprint density at radius 2 is 1.53 bits per heavy atom. The third kappa shape index (κ3) is 6.21. The SMILES string of the molecule is CCCCCC1CCC(c2ccc(C(=O)Oc3ccc(C(=O)SC)cc3)cc2)CC1. The predicted molar refractivity (Wildman–Crippen MR) is 125 cm³/mol. The molecule has 0 amide bonds. The number of carbonyl (C=O) groups excluding carboxylic acids is 2. The molecule has 1 aliphatic rings. The molecule has 4 heteroatoms. The second kappa shape index (κ2) is 11.4. The Morgan fingerprint density at radius 3 is 2.13 bits per heavy atom. The molecule has 0 radical (unpaired) electrons. The standard InChI is InChI=1S/C26H32O3S/c1-3-4-5-6-19-7-9-20(10-8-19)21-11-13-22(14-12-21)25(27)29-24-17-15-23(16-18-24)26(28)30-2/h11-20H,3-10H2,1-2H3. The minimum Gasteiger partial charge on any atom is -0.423 e. The van der Waals surface area contributed by atoms with E-state index in [1.54, 1.807) is 30.5 Å². The van der Waals surface area contributed by atoms with E-state index in [0.29, 0.717) is 22.8 Å². The van der Waals surface area contributed by atoms with E-state index in [4.69, 9.17) is 4.74 Å². The highest BCUT2D eigenvalue weighted by atomic mass is 32.2. The van der Waals surface area contributed by atoms with Crippen molar-refractivity contribution in [1.29, 1.82) is 0 Å². The van der Waals surface area contributed by atoms with Crippen molar-refractivity contribution in [2.24, 2.45) is 5.92 Å². The first-order chi connectivity index (χ1) is 14.6. The van der Waals surface area contributed by atoms with Gasteiger partial charge in [0.1, 0.15) is 5.75 Å². The van der Waals surface area contributed by atoms with E-state index < -0.39 is 0 Å². The van der Waals surface area contributed by atoms with Crippen LogP contribution in [-0.2, 0) is 0 Å². The van der Waals surface area contributed by atoms with Gasteiger partial charge < -0.3 is 4.74 Å². The fourth-order valence-electron chi connectivity index (χ4n) is 4.30. The van der Waals surface area contributed by atoms with Crippen LogP contribution in [0, 0.1) is 5.92 Å². The Morgan fingerprint density at radius 1 is 0.900 bits per heavy atom. The molecule has 1 fully saturated rings. The summed E-state index contributed by atoms with van der Waals surface area (Å²) < 4.78 is 5.46. The molecule has 3 nitrogen and oxygen atoms in total. The highest BCUT2D eigenvalue weighted by molar-refractivity contribution is 8.13. The number of hydrogen-bond acceptors (Lipinski definition) is 4. The first-order valence-electron chi connectivity index (χ1n) is 11.1. The highest BCUT2D eigenvalue weighted by Crippen LogP contribution is 2.37. The number of hydrogen-bond donors (Lipinski definition) is 0. The maximum atomic E-state index is 12.5. The average molecular weight is 425 g/mol. The maximum absolute atomic E-state index is 12.5. The number of thioether (sulfide) groups is 1. The summed E-state index contributed by atoms with van der Waals surface area (Å²) in [5.41, 5.74) is 2.49. The number of benzene rings is 2. The smallest absolute Gasteiger partial charge is 0.343 e. The summed E-state index contributed by atoms with van der Waals surface area (Å²) in [5, 5.41) is -0.00143. The molecule has 0 unspecified atom stereocenters. The lowest BCUT2D eigenvalue weighted by Crippen LogP contribution is -2.14. The van der Waals surface area contributed by atoms with Gasteiger partial charge in [-0.25, -0.2) is 4.79 Å². The Kier molecular flexibility index (Phi) is 8.56. The lowest BCUT2D eigenvalue weighted by atomic mass is 9.77. The Bertz CT molecular complexity index is 818. The fourth-order valence-corrected chi connectivity index (χ4v) is 4.67. The molecule has 0 atom stereocenters. The van der Waals surface area contributed by atoms with Crippen LogP contribution in [0.2, 0.25) is 0 Å². The van der Waals surface area contributed by atoms with Gasteiger partial charge in [-0.05, 0) is 85.7 Å². The minimum absolute atomic E-state index is 0.00143. The quantitative estimate of drug-likeness (QED) is 0.254. The largest absolute Gasteiger partial charge is 0.423 e. The summed E-state index contributed by atoms with van der Waals surface area (Å²) in [6.45, 7) is 2.26. The molecule has 0 saturated heterocycles. The van der Waals surface area contributed by atoms with Crippen molar-refractivity contribution in [2.45, 2.75) is 64.2 Å². The van der Waals surface area contributed by atoms with Gasteiger partial charge in [0.25, 0.3) is 0 Å². The van der Waals surface area contributed by atoms with Crippen LogP contribution in [0.4, 0.5) is 0 Å². The van der Waals surface area contributed by atoms with Crippen LogP contribution >= 0.6 is 11.8 Å². The molecule has 1 saturated carbocycles. The van der Waals surface area contributed by atoms with Crippen molar-refractivity contribution in [3.8, 4) is 5.75 Å². The Labute approximate surface area is 184 Å². The third-order valence-corrected chi connectivity index (χ3v) is 6.77. The topological polar surface area (TPSA) is 43.4 Å². The summed E-state index contributed by atoms with van der Waals surface area (Å²) in [6, 6.07) is 14.6. The molecule has 0 bridgehead atoms. The molecule has 0 aromatic heterocycles. The number of esters is 1. The summed E-state index contributed by atoms with van der Waals surface area (Å²) >= 11 is 1.17. The molecule has 0 aliphatic heterocycles. The van der Waals surface area contributed by atoms with Crippen LogP contribution < -0.4 is 4.74 Å². The second-order valence-electron chi connectivity index (χ2n) is 8.24. The van der Waals surface area contributed by atoms with Gasteiger partial charge >= 0.3 is 5.97 Å². The van der Waals surface area contributed by atoms with Crippen molar-refractivity contribution in [2.75, 3.05) is 6.26 Å². The van der Waals surface area contributed by atoms with Crippen LogP contribution in [0.5, 0.6) is 5.75 Å². The molecule has 0 heterocycles. The summed E-state index contributed by atoms with van der Waals surface area (Å²) in [5.74, 6) is 1.59. The number of carbonyl (C=O) groups is 2. The van der Waals surface area contributed by atoms with Crippen molar-refractivity contribution in [1.82, 2.24) is 0 Å². The molecular formula is C26H32O3S. The van der Waals surface area contributed by atoms with Gasteiger partial charge in [0.15, 0.2) is 0 Å². The van der Waals surface area contributed by atoms with Gasteiger partial charge in [-0.2, -0.15) is 0 Å². The zero-order valence-electron chi connectivity index (χ0n) is 18.1. The van der Waals surface area contributed by atoms with E-state index in [-0.39, 0.29) is 11.1 Å². The van der Waals surface area contributed by atoms with E-state index >= 15 is 0 Å². The van der Waals surface area contributed by atoms with Gasteiger partial charge in [-0.15, -0.1) is 0 Å². The molecule has 0 spiro atoms. The van der Waals surface area contributed by atoms with E-state index in [1.165, 1.54) is 68.7 Å². The summed E-state index contributed by atoms with van der Waals surface area (Å²) in [7, 11) is 0. The van der Waals surface area contributed by atoms with Crippen molar-refractivity contribution >= 4 is 22.8 Å². The van der Waals surface area contributed by atoms with Gasteiger partial charge in [0.05, 0.1) is 5.56 Å². The fraction of sp³-hybridized carbons (Fsp3) is 0.462. The zero-order valence-corrected chi connectivity index (χ0v) is 18.9. The highest BCUT2D eigenvalue weighted by Gasteiger charge is 2.22. The molecule has 2 aromatic carbocycles. The molecular weight excluding hydrogens is 392 g/mol. The lowest BCUT2D eigenvalue weighted by molar-refractivity contribution is 0.0734. The van der Waals surface area contributed by atoms with Crippen LogP contribution in [-0.4, -0.2) is 17.3 Å². The van der Waals surface area contributed by atoms with E-state index in [0.717, 1.165) is 5.92 Å². The number of unbranched alkanes of at least 4 members (excludes halogenated alkanes) is 2. The van der Waals surface area contributed by atoms with E-state index in [1.807, 2.05) is 12.1 Å². The van der Waals surface area contributed by atoms with E-state index in [2.05, 4.69) is 19.1 Å². The molecule has 1 aliphatic carbocycles. The van der Waals surface area contributed by atoms with Crippen LogP contribution in [0.1, 0.15) is 90.5 Å². The normalized spacial score (nSPS) is 18.7. The molecule has 2 aromatic rings. The molecule has 3 rings (SSSR count). The first-order valence-corrected chi connectivity index (χ1v) is 12.3. The third-order valence-electron chi connectivity index (χ3n) is 6.17. The average Bonchev–Trinajstić information content (AvgIpc) is 2.80. The molecule has 0 N–H and O–H groups in total. The summed E-state index contributed by atoms with van der Waals surface area (Å²) in [6.07, 6.45) is 12.3. The molecule has 160 valence electrons.